The Labute approximate surface area is 136 Å². The van der Waals surface area contributed by atoms with Crippen molar-refractivity contribution in [2.24, 2.45) is 0 Å². The van der Waals surface area contributed by atoms with Gasteiger partial charge in [0.1, 0.15) is 6.04 Å². The first-order valence-corrected chi connectivity index (χ1v) is 7.17. The minimum atomic E-state index is -1.04. The van der Waals surface area contributed by atoms with Crippen molar-refractivity contribution in [3.8, 4) is 12.3 Å². The number of hydroxylamine groups is 1. The molecule has 0 spiro atoms. The molecule has 0 aliphatic rings. The number of ether oxygens (including phenoxy) is 1. The van der Waals surface area contributed by atoms with Crippen LogP contribution in [0.25, 0.3) is 0 Å². The second kappa shape index (κ2) is 7.77. The Hall–Kier alpha value is -2.36. The number of hydrogen-bond acceptors (Lipinski definition) is 4. The fourth-order valence-electron chi connectivity index (χ4n) is 2.03. The molecule has 6 heteroatoms. The highest BCUT2D eigenvalue weighted by molar-refractivity contribution is 5.97. The van der Waals surface area contributed by atoms with Crippen LogP contribution in [0, 0.1) is 12.3 Å². The van der Waals surface area contributed by atoms with Gasteiger partial charge in [-0.15, -0.1) is 6.42 Å². The third-order valence-corrected chi connectivity index (χ3v) is 3.00. The third kappa shape index (κ3) is 5.74. The molecule has 1 aromatic rings. The van der Waals surface area contributed by atoms with Crippen molar-refractivity contribution in [2.75, 3.05) is 0 Å². The Morgan fingerprint density at radius 3 is 2.26 bits per heavy atom. The number of benzene rings is 1. The minimum absolute atomic E-state index is 0.350. The quantitative estimate of drug-likeness (QED) is 0.436. The van der Waals surface area contributed by atoms with Crippen molar-refractivity contribution in [3.05, 3.63) is 35.4 Å². The normalized spacial score (nSPS) is 13.6. The van der Waals surface area contributed by atoms with Crippen LogP contribution in [0.2, 0.25) is 0 Å². The first-order valence-electron chi connectivity index (χ1n) is 7.17. The van der Waals surface area contributed by atoms with Gasteiger partial charge in [0.15, 0.2) is 0 Å². The summed E-state index contributed by atoms with van der Waals surface area (Å²) in [5.41, 5.74) is 2.04. The van der Waals surface area contributed by atoms with Crippen molar-refractivity contribution in [1.82, 2.24) is 10.8 Å². The number of nitrogens with one attached hydrogen (secondary N) is 2. The molecule has 0 bridgehead atoms. The highest BCUT2D eigenvalue weighted by atomic mass is 16.5. The summed E-state index contributed by atoms with van der Waals surface area (Å²) in [6, 6.07) is 5.34. The number of rotatable bonds is 5. The number of carbonyl (C=O) groups is 2. The summed E-state index contributed by atoms with van der Waals surface area (Å²) >= 11 is 0. The lowest BCUT2D eigenvalue weighted by Gasteiger charge is -2.30. The predicted molar refractivity (Wildman–Crippen MR) is 85.9 cm³/mol. The molecule has 2 atom stereocenters. The molecule has 23 heavy (non-hydrogen) atoms. The highest BCUT2D eigenvalue weighted by Gasteiger charge is 2.30. The average Bonchev–Trinajstić information content (AvgIpc) is 2.49. The monoisotopic (exact) mass is 318 g/mol. The van der Waals surface area contributed by atoms with Crippen LogP contribution < -0.4 is 10.8 Å². The van der Waals surface area contributed by atoms with E-state index < -0.39 is 29.6 Å². The third-order valence-electron chi connectivity index (χ3n) is 3.00. The molecule has 0 heterocycles. The molecule has 6 nitrogen and oxygen atoms in total. The lowest BCUT2D eigenvalue weighted by Crippen LogP contribution is -2.53. The lowest BCUT2D eigenvalue weighted by molar-refractivity contribution is -0.138. The van der Waals surface area contributed by atoms with Crippen LogP contribution in [0.15, 0.2) is 24.3 Å². The van der Waals surface area contributed by atoms with E-state index in [1.165, 1.54) is 0 Å². The molecule has 0 fully saturated rings. The molecule has 124 valence electrons. The van der Waals surface area contributed by atoms with Gasteiger partial charge in [-0.05, 0) is 52.0 Å². The largest absolute Gasteiger partial charge is 0.370 e. The van der Waals surface area contributed by atoms with Crippen molar-refractivity contribution in [1.29, 1.82) is 0 Å². The fourth-order valence-corrected chi connectivity index (χ4v) is 2.03. The van der Waals surface area contributed by atoms with Crippen LogP contribution in [0.3, 0.4) is 0 Å². The molecular formula is C17H22N2O4. The Kier molecular flexibility index (Phi) is 6.31. The number of carbonyl (C=O) groups excluding carboxylic acids is 2. The molecule has 0 saturated carbocycles. The molecule has 3 N–H and O–H groups in total. The van der Waals surface area contributed by atoms with Crippen LogP contribution >= 0.6 is 0 Å². The maximum Gasteiger partial charge on any atom is 0.268 e. The predicted octanol–water partition coefficient (Wildman–Crippen LogP) is 1.48. The van der Waals surface area contributed by atoms with Gasteiger partial charge in [-0.1, -0.05) is 5.92 Å². The molecule has 0 aliphatic carbocycles. The summed E-state index contributed by atoms with van der Waals surface area (Å²) in [7, 11) is 0. The smallest absolute Gasteiger partial charge is 0.268 e. The minimum Gasteiger partial charge on any atom is -0.370 e. The highest BCUT2D eigenvalue weighted by Crippen LogP contribution is 2.14. The zero-order valence-corrected chi connectivity index (χ0v) is 13.7. The van der Waals surface area contributed by atoms with E-state index in [-0.39, 0.29) is 0 Å². The molecule has 0 radical (unpaired) electrons. The van der Waals surface area contributed by atoms with E-state index >= 15 is 0 Å². The number of terminal acetylenes is 1. The number of amides is 2. The first-order chi connectivity index (χ1) is 10.7. The van der Waals surface area contributed by atoms with Gasteiger partial charge >= 0.3 is 0 Å². The molecule has 1 rings (SSSR count). The Bertz CT molecular complexity index is 597. The van der Waals surface area contributed by atoms with Gasteiger partial charge in [-0.25, -0.2) is 5.48 Å². The van der Waals surface area contributed by atoms with Crippen molar-refractivity contribution >= 4 is 11.8 Å². The maximum absolute atomic E-state index is 12.3. The van der Waals surface area contributed by atoms with Crippen molar-refractivity contribution in [2.45, 2.75) is 45.4 Å². The van der Waals surface area contributed by atoms with Gasteiger partial charge in [-0.2, -0.15) is 0 Å². The van der Waals surface area contributed by atoms with Gasteiger partial charge < -0.3 is 10.1 Å². The Morgan fingerprint density at radius 1 is 1.26 bits per heavy atom. The zero-order valence-electron chi connectivity index (χ0n) is 13.7. The second-order valence-electron chi connectivity index (χ2n) is 6.08. The van der Waals surface area contributed by atoms with Gasteiger partial charge in [0.25, 0.3) is 11.8 Å². The summed E-state index contributed by atoms with van der Waals surface area (Å²) in [6.45, 7) is 7.14. The molecule has 0 unspecified atom stereocenters. The Morgan fingerprint density at radius 2 is 1.83 bits per heavy atom. The summed E-state index contributed by atoms with van der Waals surface area (Å²) in [5.74, 6) is 1.24. The summed E-state index contributed by atoms with van der Waals surface area (Å²) in [4.78, 5) is 24.1. The summed E-state index contributed by atoms with van der Waals surface area (Å²) < 4.78 is 5.68. The van der Waals surface area contributed by atoms with Crippen molar-refractivity contribution < 1.29 is 19.5 Å². The van der Waals surface area contributed by atoms with E-state index in [0.29, 0.717) is 11.1 Å². The molecule has 0 saturated heterocycles. The van der Waals surface area contributed by atoms with Gasteiger partial charge in [0.05, 0.1) is 11.7 Å². The summed E-state index contributed by atoms with van der Waals surface area (Å²) in [6.07, 6.45) is 4.62. The van der Waals surface area contributed by atoms with E-state index in [0.717, 1.165) is 0 Å². The van der Waals surface area contributed by atoms with Gasteiger partial charge in [-0.3, -0.25) is 14.8 Å². The molecule has 0 aromatic heterocycles. The van der Waals surface area contributed by atoms with Crippen LogP contribution in [0.4, 0.5) is 0 Å². The molecule has 0 aliphatic heterocycles. The first kappa shape index (κ1) is 18.7. The van der Waals surface area contributed by atoms with Gasteiger partial charge in [0.2, 0.25) is 0 Å². The number of hydrogen-bond donors (Lipinski definition) is 3. The standard InChI is InChI=1S/C17H22N2O4/c1-6-12-7-9-13(10-8-12)15(20)18-14(16(21)19-22)11(2)23-17(3,4)5/h1,7-11,14,22H,2-5H3,(H,18,20)(H,19,21)/t11-,14+/m1/s1. The van der Waals surface area contributed by atoms with Crippen LogP contribution in [-0.2, 0) is 9.53 Å². The van der Waals surface area contributed by atoms with Crippen molar-refractivity contribution in [3.63, 3.8) is 0 Å². The Balaban J connectivity index is 2.89. The van der Waals surface area contributed by atoms with Crippen LogP contribution in [0.5, 0.6) is 0 Å². The molecule has 1 aromatic carbocycles. The SMILES string of the molecule is C#Cc1ccc(C(=O)N[C@H](C(=O)NO)[C@@H](C)OC(C)(C)C)cc1. The van der Waals surface area contributed by atoms with Gasteiger partial charge in [0, 0.05) is 11.1 Å². The maximum atomic E-state index is 12.3. The van der Waals surface area contributed by atoms with E-state index in [9.17, 15) is 9.59 Å². The average molecular weight is 318 g/mol. The topological polar surface area (TPSA) is 87.7 Å². The fraction of sp³-hybridized carbons (Fsp3) is 0.412. The van der Waals surface area contributed by atoms with Crippen LogP contribution in [0.1, 0.15) is 43.6 Å². The second-order valence-corrected chi connectivity index (χ2v) is 6.08. The van der Waals surface area contributed by atoms with E-state index in [1.807, 2.05) is 20.8 Å². The van der Waals surface area contributed by atoms with E-state index in [2.05, 4.69) is 11.2 Å². The zero-order chi connectivity index (χ0) is 17.6. The lowest BCUT2D eigenvalue weighted by atomic mass is 10.1. The van der Waals surface area contributed by atoms with E-state index in [4.69, 9.17) is 16.4 Å². The summed E-state index contributed by atoms with van der Waals surface area (Å²) in [5, 5.41) is 11.4. The van der Waals surface area contributed by atoms with E-state index in [1.54, 1.807) is 36.7 Å². The molecule has 2 amide bonds. The molecular weight excluding hydrogens is 296 g/mol. The van der Waals surface area contributed by atoms with Crippen LogP contribution in [-0.4, -0.2) is 34.8 Å².